The lowest BCUT2D eigenvalue weighted by Crippen LogP contribution is -2.42. The van der Waals surface area contributed by atoms with Crippen molar-refractivity contribution in [3.63, 3.8) is 0 Å². The first-order valence-electron chi connectivity index (χ1n) is 10.7. The molecule has 1 atom stereocenters. The van der Waals surface area contributed by atoms with Crippen molar-refractivity contribution in [1.82, 2.24) is 5.32 Å². The molecule has 4 nitrogen and oxygen atoms in total. The van der Waals surface area contributed by atoms with Gasteiger partial charge in [-0.25, -0.2) is 4.79 Å². The molecule has 0 aliphatic carbocycles. The second-order valence-electron chi connectivity index (χ2n) is 7.34. The zero-order chi connectivity index (χ0) is 19.5. The number of hydrogen-bond acceptors (Lipinski definition) is 3. The van der Waals surface area contributed by atoms with Gasteiger partial charge in [0, 0.05) is 12.2 Å². The summed E-state index contributed by atoms with van der Waals surface area (Å²) in [6.07, 6.45) is 19.8. The zero-order valence-electron chi connectivity index (χ0n) is 16.8. The van der Waals surface area contributed by atoms with E-state index in [4.69, 9.17) is 5.11 Å². The van der Waals surface area contributed by atoms with E-state index in [0.29, 0.717) is 6.42 Å². The second-order valence-corrected chi connectivity index (χ2v) is 7.71. The fourth-order valence-corrected chi connectivity index (χ4v) is 3.36. The van der Waals surface area contributed by atoms with Gasteiger partial charge in [-0.2, -0.15) is 12.6 Å². The van der Waals surface area contributed by atoms with Gasteiger partial charge >= 0.3 is 5.97 Å². The Morgan fingerprint density at radius 1 is 0.769 bits per heavy atom. The van der Waals surface area contributed by atoms with Gasteiger partial charge in [0.15, 0.2) is 0 Å². The Morgan fingerprint density at radius 2 is 1.15 bits per heavy atom. The number of unbranched alkanes of at least 4 members (excludes halogenated alkanes) is 14. The highest BCUT2D eigenvalue weighted by Crippen LogP contribution is 2.13. The number of nitrogens with one attached hydrogen (secondary N) is 1. The largest absolute Gasteiger partial charge is 0.480 e. The summed E-state index contributed by atoms with van der Waals surface area (Å²) in [6, 6.07) is -0.873. The Labute approximate surface area is 166 Å². The van der Waals surface area contributed by atoms with Gasteiger partial charge in [0.2, 0.25) is 5.91 Å². The maximum Gasteiger partial charge on any atom is 0.327 e. The summed E-state index contributed by atoms with van der Waals surface area (Å²) in [5.41, 5.74) is 0. The van der Waals surface area contributed by atoms with Crippen molar-refractivity contribution in [3.05, 3.63) is 0 Å². The smallest absolute Gasteiger partial charge is 0.327 e. The average molecular weight is 388 g/mol. The fourth-order valence-electron chi connectivity index (χ4n) is 3.11. The molecule has 1 amide bonds. The third-order valence-electron chi connectivity index (χ3n) is 4.82. The van der Waals surface area contributed by atoms with E-state index in [1.54, 1.807) is 0 Å². The summed E-state index contributed by atoms with van der Waals surface area (Å²) in [7, 11) is 0. The molecule has 0 aromatic rings. The lowest BCUT2D eigenvalue weighted by molar-refractivity contribution is -0.141. The molecule has 0 aliphatic heterocycles. The van der Waals surface area contributed by atoms with Crippen LogP contribution in [0.1, 0.15) is 110 Å². The number of rotatable bonds is 19. The number of hydrogen-bond donors (Lipinski definition) is 3. The van der Waals surface area contributed by atoms with Crippen molar-refractivity contribution in [1.29, 1.82) is 0 Å². The Hall–Kier alpha value is -0.710. The summed E-state index contributed by atoms with van der Waals surface area (Å²) >= 11 is 3.93. The lowest BCUT2D eigenvalue weighted by Gasteiger charge is -2.11. The molecule has 5 heteroatoms. The van der Waals surface area contributed by atoms with Crippen LogP contribution < -0.4 is 5.32 Å². The van der Waals surface area contributed by atoms with Gasteiger partial charge in [-0.15, -0.1) is 0 Å². The van der Waals surface area contributed by atoms with Crippen molar-refractivity contribution in [2.24, 2.45) is 0 Å². The Kier molecular flexibility index (Phi) is 18.5. The second kappa shape index (κ2) is 19.1. The Morgan fingerprint density at radius 3 is 1.50 bits per heavy atom. The molecule has 0 bridgehead atoms. The van der Waals surface area contributed by atoms with Crippen LogP contribution in [0.4, 0.5) is 0 Å². The molecule has 0 aromatic carbocycles. The third-order valence-corrected chi connectivity index (χ3v) is 5.19. The lowest BCUT2D eigenvalue weighted by atomic mass is 10.0. The van der Waals surface area contributed by atoms with Crippen LogP contribution in [0.5, 0.6) is 0 Å². The molecule has 0 aromatic heterocycles. The normalized spacial score (nSPS) is 12.1. The van der Waals surface area contributed by atoms with Gasteiger partial charge in [0.05, 0.1) is 0 Å². The Balaban J connectivity index is 3.26. The molecule has 0 unspecified atom stereocenters. The van der Waals surface area contributed by atoms with Gasteiger partial charge in [0.25, 0.3) is 0 Å². The van der Waals surface area contributed by atoms with Crippen molar-refractivity contribution in [3.8, 4) is 0 Å². The summed E-state index contributed by atoms with van der Waals surface area (Å²) in [6.45, 7) is 2.26. The summed E-state index contributed by atoms with van der Waals surface area (Å²) in [5, 5.41) is 11.4. The Bertz CT molecular complexity index is 350. The first kappa shape index (κ1) is 25.3. The molecule has 26 heavy (non-hydrogen) atoms. The molecular formula is C21H41NO3S. The topological polar surface area (TPSA) is 66.4 Å². The molecule has 0 saturated heterocycles. The predicted molar refractivity (Wildman–Crippen MR) is 113 cm³/mol. The van der Waals surface area contributed by atoms with E-state index < -0.39 is 12.0 Å². The molecule has 0 spiro atoms. The molecule has 154 valence electrons. The minimum atomic E-state index is -1.02. The molecule has 0 radical (unpaired) electrons. The van der Waals surface area contributed by atoms with E-state index in [1.807, 2.05) is 0 Å². The van der Waals surface area contributed by atoms with Crippen molar-refractivity contribution < 1.29 is 14.7 Å². The van der Waals surface area contributed by atoms with Crippen LogP contribution in [0.25, 0.3) is 0 Å². The first-order valence-corrected chi connectivity index (χ1v) is 11.4. The fraction of sp³-hybridized carbons (Fsp3) is 0.905. The number of amides is 1. The van der Waals surface area contributed by atoms with E-state index in [-0.39, 0.29) is 11.7 Å². The minimum Gasteiger partial charge on any atom is -0.480 e. The van der Waals surface area contributed by atoms with Crippen molar-refractivity contribution >= 4 is 24.5 Å². The molecule has 0 saturated carbocycles. The number of aliphatic carboxylic acids is 1. The number of thiol groups is 1. The average Bonchev–Trinajstić information content (AvgIpc) is 2.62. The first-order chi connectivity index (χ1) is 12.6. The van der Waals surface area contributed by atoms with E-state index in [9.17, 15) is 9.59 Å². The van der Waals surface area contributed by atoms with Gasteiger partial charge in [-0.3, -0.25) is 4.79 Å². The molecule has 0 rings (SSSR count). The monoisotopic (exact) mass is 387 g/mol. The van der Waals surface area contributed by atoms with Crippen LogP contribution in [0.3, 0.4) is 0 Å². The molecule has 0 aliphatic rings. The summed E-state index contributed by atoms with van der Waals surface area (Å²) in [4.78, 5) is 22.5. The number of carboxylic acid groups (broad SMARTS) is 1. The van der Waals surface area contributed by atoms with Gasteiger partial charge < -0.3 is 10.4 Å². The van der Waals surface area contributed by atoms with Crippen molar-refractivity contribution in [2.45, 2.75) is 116 Å². The molecule has 0 fully saturated rings. The highest BCUT2D eigenvalue weighted by Gasteiger charge is 2.17. The van der Waals surface area contributed by atoms with E-state index >= 15 is 0 Å². The predicted octanol–water partition coefficient (Wildman–Crippen LogP) is 5.75. The van der Waals surface area contributed by atoms with Crippen LogP contribution >= 0.6 is 12.6 Å². The zero-order valence-corrected chi connectivity index (χ0v) is 17.7. The molecule has 2 N–H and O–H groups in total. The quantitative estimate of drug-likeness (QED) is 0.195. The maximum absolute atomic E-state index is 11.6. The SMILES string of the molecule is CCCCCCCCCCCCCCCCCC(=O)N[C@@H](CS)C(=O)O. The highest BCUT2D eigenvalue weighted by molar-refractivity contribution is 7.80. The highest BCUT2D eigenvalue weighted by atomic mass is 32.1. The number of carbonyl (C=O) groups is 2. The van der Waals surface area contributed by atoms with Crippen LogP contribution in [0, 0.1) is 0 Å². The standard InChI is InChI=1S/C21H41NO3S/c1-2-3-4-5-6-7-8-9-10-11-12-13-14-15-16-17-20(23)22-19(18-26)21(24)25/h19,26H,2-18H2,1H3,(H,22,23)(H,24,25)/t19-/m0/s1. The van der Waals surface area contributed by atoms with Crippen LogP contribution in [-0.2, 0) is 9.59 Å². The maximum atomic E-state index is 11.6. The van der Waals surface area contributed by atoms with Crippen LogP contribution in [0.2, 0.25) is 0 Å². The van der Waals surface area contributed by atoms with Crippen molar-refractivity contribution in [2.75, 3.05) is 5.75 Å². The summed E-state index contributed by atoms with van der Waals surface area (Å²) < 4.78 is 0. The number of carbonyl (C=O) groups excluding carboxylic acids is 1. The van der Waals surface area contributed by atoms with Crippen LogP contribution in [0.15, 0.2) is 0 Å². The minimum absolute atomic E-state index is 0.125. The summed E-state index contributed by atoms with van der Waals surface area (Å²) in [5.74, 6) is -1.08. The van der Waals surface area contributed by atoms with E-state index in [0.717, 1.165) is 12.8 Å². The van der Waals surface area contributed by atoms with E-state index in [1.165, 1.54) is 83.5 Å². The van der Waals surface area contributed by atoms with Gasteiger partial charge in [-0.1, -0.05) is 96.8 Å². The van der Waals surface area contributed by atoms with Gasteiger partial charge in [-0.05, 0) is 6.42 Å². The molecular weight excluding hydrogens is 346 g/mol. The van der Waals surface area contributed by atoms with Crippen LogP contribution in [-0.4, -0.2) is 28.8 Å². The van der Waals surface area contributed by atoms with Gasteiger partial charge in [0.1, 0.15) is 6.04 Å². The van der Waals surface area contributed by atoms with E-state index in [2.05, 4.69) is 24.9 Å². The number of carboxylic acids is 1. The third kappa shape index (κ3) is 16.7. The molecule has 0 heterocycles.